The average molecular weight is 361 g/mol. The van der Waals surface area contributed by atoms with Gasteiger partial charge in [0.15, 0.2) is 0 Å². The molecule has 0 atom stereocenters. The summed E-state index contributed by atoms with van der Waals surface area (Å²) in [7, 11) is -1.96. The van der Waals surface area contributed by atoms with E-state index in [2.05, 4.69) is 15.9 Å². The van der Waals surface area contributed by atoms with E-state index in [0.29, 0.717) is 16.7 Å². The maximum absolute atomic E-state index is 12.5. The lowest BCUT2D eigenvalue weighted by molar-refractivity contribution is 0.469. The van der Waals surface area contributed by atoms with Crippen LogP contribution in [0.2, 0.25) is 0 Å². The molecule has 4 nitrogen and oxygen atoms in total. The predicted molar refractivity (Wildman–Crippen MR) is 81.5 cm³/mol. The molecule has 0 bridgehead atoms. The van der Waals surface area contributed by atoms with Gasteiger partial charge in [-0.15, -0.1) is 11.3 Å². The molecule has 102 valence electrons. The molecule has 0 fully saturated rings. The number of nitrogen functional groups attached to an aromatic ring is 1. The Balaban J connectivity index is 2.31. The minimum Gasteiger partial charge on any atom is -0.399 e. The lowest BCUT2D eigenvalue weighted by Crippen LogP contribution is -2.26. The number of anilines is 1. The Kier molecular flexibility index (Phi) is 4.29. The fraction of sp³-hybridized carbons (Fsp3) is 0.167. The second-order valence-electron chi connectivity index (χ2n) is 4.03. The largest absolute Gasteiger partial charge is 0.399 e. The third-order valence-corrected chi connectivity index (χ3v) is 6.24. The quantitative estimate of drug-likeness (QED) is 0.852. The number of nitrogens with zero attached hydrogens (tertiary/aromatic N) is 1. The Morgan fingerprint density at radius 2 is 2.11 bits per heavy atom. The summed E-state index contributed by atoms with van der Waals surface area (Å²) in [6, 6.07) is 8.50. The topological polar surface area (TPSA) is 63.4 Å². The molecular formula is C12H13BrN2O2S2. The van der Waals surface area contributed by atoms with Crippen molar-refractivity contribution in [1.29, 1.82) is 0 Å². The molecule has 7 heteroatoms. The summed E-state index contributed by atoms with van der Waals surface area (Å²) in [6.07, 6.45) is 0. The van der Waals surface area contributed by atoms with Crippen LogP contribution < -0.4 is 5.73 Å². The molecule has 1 aromatic carbocycles. The van der Waals surface area contributed by atoms with Crippen LogP contribution >= 0.6 is 27.3 Å². The minimum atomic E-state index is -3.52. The molecule has 0 spiro atoms. The summed E-state index contributed by atoms with van der Waals surface area (Å²) in [6.45, 7) is 0.358. The molecule has 0 unspecified atom stereocenters. The first-order valence-corrected chi connectivity index (χ1v) is 8.56. The van der Waals surface area contributed by atoms with Crippen LogP contribution in [0.1, 0.15) is 4.88 Å². The van der Waals surface area contributed by atoms with Gasteiger partial charge < -0.3 is 5.73 Å². The summed E-state index contributed by atoms with van der Waals surface area (Å²) in [5.74, 6) is 0. The van der Waals surface area contributed by atoms with Gasteiger partial charge >= 0.3 is 0 Å². The van der Waals surface area contributed by atoms with Gasteiger partial charge in [-0.25, -0.2) is 8.42 Å². The molecule has 2 N–H and O–H groups in total. The predicted octanol–water partition coefficient (Wildman–Crippen LogP) is 2.91. The molecule has 0 aliphatic rings. The summed E-state index contributed by atoms with van der Waals surface area (Å²) < 4.78 is 26.7. The lowest BCUT2D eigenvalue weighted by atomic mass is 10.3. The van der Waals surface area contributed by atoms with Gasteiger partial charge in [-0.2, -0.15) is 4.31 Å². The highest BCUT2D eigenvalue weighted by Crippen LogP contribution is 2.27. The zero-order valence-corrected chi connectivity index (χ0v) is 13.4. The van der Waals surface area contributed by atoms with E-state index in [-0.39, 0.29) is 4.90 Å². The maximum atomic E-state index is 12.5. The monoisotopic (exact) mass is 360 g/mol. The van der Waals surface area contributed by atoms with Crippen LogP contribution in [0.4, 0.5) is 5.69 Å². The van der Waals surface area contributed by atoms with Gasteiger partial charge in [-0.3, -0.25) is 0 Å². The molecule has 2 aromatic rings. The first kappa shape index (κ1) is 14.5. The average Bonchev–Trinajstić information content (AvgIpc) is 2.81. The van der Waals surface area contributed by atoms with Crippen molar-refractivity contribution in [2.24, 2.45) is 0 Å². The SMILES string of the molecule is CN(Cc1cccs1)S(=O)(=O)c1ccc(N)cc1Br. The van der Waals surface area contributed by atoms with Crippen molar-refractivity contribution in [2.45, 2.75) is 11.4 Å². The van der Waals surface area contributed by atoms with E-state index in [1.807, 2.05) is 17.5 Å². The van der Waals surface area contributed by atoms with Crippen LogP contribution in [0.3, 0.4) is 0 Å². The highest BCUT2D eigenvalue weighted by atomic mass is 79.9. The molecule has 2 rings (SSSR count). The summed E-state index contributed by atoms with van der Waals surface area (Å²) in [5, 5.41) is 1.93. The van der Waals surface area contributed by atoms with Gasteiger partial charge in [0.2, 0.25) is 10.0 Å². The Hall–Kier alpha value is -0.890. The summed E-state index contributed by atoms with van der Waals surface area (Å²) >= 11 is 4.78. The number of hydrogen-bond acceptors (Lipinski definition) is 4. The molecule has 19 heavy (non-hydrogen) atoms. The molecule has 1 aromatic heterocycles. The van der Waals surface area contributed by atoms with E-state index >= 15 is 0 Å². The molecule has 0 radical (unpaired) electrons. The second-order valence-corrected chi connectivity index (χ2v) is 7.93. The molecule has 1 heterocycles. The summed E-state index contributed by atoms with van der Waals surface area (Å²) in [4.78, 5) is 1.22. The van der Waals surface area contributed by atoms with E-state index in [9.17, 15) is 8.42 Å². The maximum Gasteiger partial charge on any atom is 0.244 e. The molecular weight excluding hydrogens is 348 g/mol. The van der Waals surface area contributed by atoms with Gasteiger partial charge in [0.25, 0.3) is 0 Å². The van der Waals surface area contributed by atoms with Gasteiger partial charge in [-0.1, -0.05) is 6.07 Å². The fourth-order valence-corrected chi connectivity index (χ4v) is 4.64. The van der Waals surface area contributed by atoms with Crippen LogP contribution in [0, 0.1) is 0 Å². The standard InChI is InChI=1S/C12H13BrN2O2S2/c1-15(8-10-3-2-6-18-10)19(16,17)12-5-4-9(14)7-11(12)13/h2-7H,8,14H2,1H3. The molecule has 0 amide bonds. The zero-order chi connectivity index (χ0) is 14.0. The van der Waals surface area contributed by atoms with Gasteiger partial charge in [0.05, 0.1) is 4.90 Å². The van der Waals surface area contributed by atoms with Crippen molar-refractivity contribution in [2.75, 3.05) is 12.8 Å². The van der Waals surface area contributed by atoms with Crippen LogP contribution in [0.5, 0.6) is 0 Å². The second kappa shape index (κ2) is 5.62. The number of nitrogens with two attached hydrogens (primary N) is 1. The smallest absolute Gasteiger partial charge is 0.244 e. The molecule has 0 saturated carbocycles. The number of benzene rings is 1. The van der Waals surface area contributed by atoms with Crippen molar-refractivity contribution >= 4 is 43.0 Å². The highest BCUT2D eigenvalue weighted by molar-refractivity contribution is 9.10. The van der Waals surface area contributed by atoms with E-state index in [1.54, 1.807) is 19.2 Å². The molecule has 0 saturated heterocycles. The normalized spacial score (nSPS) is 11.9. The number of thiophene rings is 1. The minimum absolute atomic E-state index is 0.223. The third-order valence-electron chi connectivity index (χ3n) is 2.60. The van der Waals surface area contributed by atoms with Crippen LogP contribution in [0.25, 0.3) is 0 Å². The van der Waals surface area contributed by atoms with Crippen molar-refractivity contribution in [3.8, 4) is 0 Å². The van der Waals surface area contributed by atoms with Crippen LogP contribution in [-0.2, 0) is 16.6 Å². The third kappa shape index (κ3) is 3.17. The lowest BCUT2D eigenvalue weighted by Gasteiger charge is -2.17. The van der Waals surface area contributed by atoms with Gasteiger partial charge in [0, 0.05) is 28.6 Å². The Labute approximate surface area is 125 Å². The number of rotatable bonds is 4. The first-order valence-electron chi connectivity index (χ1n) is 5.45. The van der Waals surface area contributed by atoms with E-state index in [0.717, 1.165) is 4.88 Å². The van der Waals surface area contributed by atoms with E-state index in [4.69, 9.17) is 5.73 Å². The Bertz CT molecular complexity index is 669. The van der Waals surface area contributed by atoms with Crippen molar-refractivity contribution in [1.82, 2.24) is 4.31 Å². The van der Waals surface area contributed by atoms with Crippen molar-refractivity contribution in [3.05, 3.63) is 45.1 Å². The van der Waals surface area contributed by atoms with Crippen molar-refractivity contribution < 1.29 is 8.42 Å². The summed E-state index contributed by atoms with van der Waals surface area (Å²) in [5.41, 5.74) is 6.14. The van der Waals surface area contributed by atoms with Crippen molar-refractivity contribution in [3.63, 3.8) is 0 Å². The first-order chi connectivity index (χ1) is 8.91. The Morgan fingerprint density at radius 3 is 2.68 bits per heavy atom. The van der Waals surface area contributed by atoms with E-state index in [1.165, 1.54) is 21.7 Å². The van der Waals surface area contributed by atoms with Crippen LogP contribution in [-0.4, -0.2) is 19.8 Å². The van der Waals surface area contributed by atoms with E-state index < -0.39 is 10.0 Å². The van der Waals surface area contributed by atoms with Gasteiger partial charge in [0.1, 0.15) is 0 Å². The highest BCUT2D eigenvalue weighted by Gasteiger charge is 2.23. The van der Waals surface area contributed by atoms with Crippen LogP contribution in [0.15, 0.2) is 45.1 Å². The number of halogens is 1. The zero-order valence-electron chi connectivity index (χ0n) is 10.2. The number of sulfonamides is 1. The fourth-order valence-electron chi connectivity index (χ4n) is 1.60. The number of hydrogen-bond donors (Lipinski definition) is 1. The molecule has 0 aliphatic carbocycles. The molecule has 0 aliphatic heterocycles. The Morgan fingerprint density at radius 1 is 1.37 bits per heavy atom. The van der Waals surface area contributed by atoms with Gasteiger partial charge in [-0.05, 0) is 45.6 Å².